The van der Waals surface area contributed by atoms with Crippen LogP contribution in [-0.4, -0.2) is 37.9 Å². The van der Waals surface area contributed by atoms with Crippen LogP contribution in [0.15, 0.2) is 22.7 Å². The van der Waals surface area contributed by atoms with Gasteiger partial charge in [-0.1, -0.05) is 15.9 Å². The third-order valence-corrected chi connectivity index (χ3v) is 3.13. The van der Waals surface area contributed by atoms with Gasteiger partial charge in [0.25, 0.3) is 0 Å². The molecule has 0 spiro atoms. The van der Waals surface area contributed by atoms with Crippen LogP contribution in [0.25, 0.3) is 0 Å². The zero-order valence-corrected chi connectivity index (χ0v) is 11.7. The quantitative estimate of drug-likeness (QED) is 0.908. The van der Waals surface area contributed by atoms with E-state index in [0.717, 1.165) is 4.47 Å². The number of halogens is 1. The molecule has 0 aliphatic heterocycles. The van der Waals surface area contributed by atoms with E-state index in [-0.39, 0.29) is 6.04 Å². The molecule has 0 heterocycles. The van der Waals surface area contributed by atoms with Crippen LogP contribution < -0.4 is 4.90 Å². The number of hydrogen-bond donors (Lipinski definition) is 1. The first-order chi connectivity index (χ1) is 7.97. The van der Waals surface area contributed by atoms with Gasteiger partial charge in [0, 0.05) is 24.7 Å². The van der Waals surface area contributed by atoms with E-state index in [1.165, 1.54) is 0 Å². The number of carboxylic acid groups (broad SMARTS) is 1. The molecule has 0 saturated heterocycles. The first kappa shape index (κ1) is 14.0. The van der Waals surface area contributed by atoms with E-state index in [4.69, 9.17) is 9.84 Å². The number of carboxylic acids is 1. The molecule has 0 fully saturated rings. The Labute approximate surface area is 109 Å². The number of ether oxygens (including phenoxy) is 1. The van der Waals surface area contributed by atoms with Gasteiger partial charge in [-0.3, -0.25) is 0 Å². The highest BCUT2D eigenvalue weighted by atomic mass is 79.9. The topological polar surface area (TPSA) is 49.8 Å². The molecule has 17 heavy (non-hydrogen) atoms. The molecule has 1 unspecified atom stereocenters. The van der Waals surface area contributed by atoms with E-state index in [1.54, 1.807) is 25.3 Å². The number of carbonyl (C=O) groups is 1. The van der Waals surface area contributed by atoms with Crippen molar-refractivity contribution in [3.05, 3.63) is 28.2 Å². The van der Waals surface area contributed by atoms with Crippen LogP contribution in [0.3, 0.4) is 0 Å². The molecular formula is C12H16BrNO3. The summed E-state index contributed by atoms with van der Waals surface area (Å²) in [4.78, 5) is 13.0. The molecule has 1 rings (SSSR count). The van der Waals surface area contributed by atoms with Crippen LogP contribution in [-0.2, 0) is 4.74 Å². The molecule has 94 valence electrons. The molecule has 1 atom stereocenters. The summed E-state index contributed by atoms with van der Waals surface area (Å²) in [6, 6.07) is 5.22. The van der Waals surface area contributed by atoms with Gasteiger partial charge in [0.05, 0.1) is 17.9 Å². The number of benzene rings is 1. The van der Waals surface area contributed by atoms with Crippen molar-refractivity contribution in [3.63, 3.8) is 0 Å². The molecule has 5 heteroatoms. The number of anilines is 1. The van der Waals surface area contributed by atoms with Crippen molar-refractivity contribution in [1.29, 1.82) is 0 Å². The summed E-state index contributed by atoms with van der Waals surface area (Å²) in [7, 11) is 3.49. The van der Waals surface area contributed by atoms with Gasteiger partial charge in [0.2, 0.25) is 0 Å². The Morgan fingerprint density at radius 1 is 1.59 bits per heavy atom. The lowest BCUT2D eigenvalue weighted by atomic mass is 10.1. The molecule has 0 aliphatic rings. The number of aromatic carboxylic acids is 1. The second kappa shape index (κ2) is 6.02. The normalized spacial score (nSPS) is 12.2. The summed E-state index contributed by atoms with van der Waals surface area (Å²) in [6.07, 6.45) is 0. The zero-order valence-electron chi connectivity index (χ0n) is 10.1. The molecule has 4 nitrogen and oxygen atoms in total. The van der Waals surface area contributed by atoms with Crippen LogP contribution in [0.2, 0.25) is 0 Å². The number of hydrogen-bond acceptors (Lipinski definition) is 3. The standard InChI is InChI=1S/C12H16BrNO3/c1-8(7-17-3)14(2)11-6-9(13)4-5-10(11)12(15)16/h4-6,8H,7H2,1-3H3,(H,15,16). The fourth-order valence-electron chi connectivity index (χ4n) is 1.57. The summed E-state index contributed by atoms with van der Waals surface area (Å²) in [5.41, 5.74) is 0.968. The fraction of sp³-hybridized carbons (Fsp3) is 0.417. The van der Waals surface area contributed by atoms with Gasteiger partial charge >= 0.3 is 5.97 Å². The zero-order chi connectivity index (χ0) is 13.0. The summed E-state index contributed by atoms with van der Waals surface area (Å²) in [5.74, 6) is -0.927. The van der Waals surface area contributed by atoms with Crippen molar-refractivity contribution >= 4 is 27.6 Å². The average Bonchev–Trinajstić information content (AvgIpc) is 2.27. The van der Waals surface area contributed by atoms with Gasteiger partial charge in [-0.15, -0.1) is 0 Å². The van der Waals surface area contributed by atoms with Gasteiger partial charge in [0.15, 0.2) is 0 Å². The van der Waals surface area contributed by atoms with Crippen molar-refractivity contribution in [1.82, 2.24) is 0 Å². The lowest BCUT2D eigenvalue weighted by Gasteiger charge is -2.27. The van der Waals surface area contributed by atoms with E-state index in [0.29, 0.717) is 17.9 Å². The Morgan fingerprint density at radius 3 is 2.76 bits per heavy atom. The molecule has 0 aromatic heterocycles. The van der Waals surface area contributed by atoms with Crippen molar-refractivity contribution in [2.45, 2.75) is 13.0 Å². The second-order valence-corrected chi connectivity index (χ2v) is 4.80. The predicted octanol–water partition coefficient (Wildman–Crippen LogP) is 2.62. The Balaban J connectivity index is 3.10. The Morgan fingerprint density at radius 2 is 2.24 bits per heavy atom. The van der Waals surface area contributed by atoms with Crippen LogP contribution in [0.1, 0.15) is 17.3 Å². The molecule has 0 saturated carbocycles. The number of methoxy groups -OCH3 is 1. The molecule has 0 radical (unpaired) electrons. The largest absolute Gasteiger partial charge is 0.478 e. The molecule has 0 bridgehead atoms. The highest BCUT2D eigenvalue weighted by molar-refractivity contribution is 9.10. The van der Waals surface area contributed by atoms with Gasteiger partial charge in [0.1, 0.15) is 0 Å². The van der Waals surface area contributed by atoms with Crippen LogP contribution >= 0.6 is 15.9 Å². The molecule has 1 aromatic carbocycles. The molecular weight excluding hydrogens is 286 g/mol. The SMILES string of the molecule is COCC(C)N(C)c1cc(Br)ccc1C(=O)O. The maximum atomic E-state index is 11.1. The van der Waals surface area contributed by atoms with Gasteiger partial charge in [-0.05, 0) is 25.1 Å². The third-order valence-electron chi connectivity index (χ3n) is 2.64. The Hall–Kier alpha value is -1.07. The maximum absolute atomic E-state index is 11.1. The minimum Gasteiger partial charge on any atom is -0.478 e. The second-order valence-electron chi connectivity index (χ2n) is 3.88. The van der Waals surface area contributed by atoms with E-state index in [1.807, 2.05) is 18.9 Å². The predicted molar refractivity (Wildman–Crippen MR) is 70.8 cm³/mol. The first-order valence-electron chi connectivity index (χ1n) is 5.22. The Kier molecular flexibility index (Phi) is 4.96. The fourth-order valence-corrected chi connectivity index (χ4v) is 1.92. The number of nitrogens with zero attached hydrogens (tertiary/aromatic N) is 1. The minimum absolute atomic E-state index is 0.104. The third kappa shape index (κ3) is 3.44. The summed E-state index contributed by atoms with van der Waals surface area (Å²) in [5, 5.41) is 9.14. The van der Waals surface area contributed by atoms with E-state index in [9.17, 15) is 4.79 Å². The summed E-state index contributed by atoms with van der Waals surface area (Å²) < 4.78 is 5.93. The van der Waals surface area contributed by atoms with Gasteiger partial charge in [-0.25, -0.2) is 4.79 Å². The van der Waals surface area contributed by atoms with Crippen molar-refractivity contribution < 1.29 is 14.6 Å². The first-order valence-corrected chi connectivity index (χ1v) is 6.01. The average molecular weight is 302 g/mol. The van der Waals surface area contributed by atoms with Crippen LogP contribution in [0.5, 0.6) is 0 Å². The monoisotopic (exact) mass is 301 g/mol. The van der Waals surface area contributed by atoms with Crippen molar-refractivity contribution in [2.24, 2.45) is 0 Å². The molecule has 1 aromatic rings. The molecule has 1 N–H and O–H groups in total. The highest BCUT2D eigenvalue weighted by Crippen LogP contribution is 2.25. The smallest absolute Gasteiger partial charge is 0.337 e. The lowest BCUT2D eigenvalue weighted by Crippen LogP contribution is -2.33. The number of rotatable bonds is 5. The van der Waals surface area contributed by atoms with Gasteiger partial charge < -0.3 is 14.7 Å². The van der Waals surface area contributed by atoms with E-state index >= 15 is 0 Å². The van der Waals surface area contributed by atoms with E-state index < -0.39 is 5.97 Å². The van der Waals surface area contributed by atoms with E-state index in [2.05, 4.69) is 15.9 Å². The lowest BCUT2D eigenvalue weighted by molar-refractivity contribution is 0.0697. The molecule has 0 amide bonds. The van der Waals surface area contributed by atoms with Crippen molar-refractivity contribution in [3.8, 4) is 0 Å². The Bertz CT molecular complexity index is 409. The summed E-state index contributed by atoms with van der Waals surface area (Å²) in [6.45, 7) is 2.53. The highest BCUT2D eigenvalue weighted by Gasteiger charge is 2.17. The van der Waals surface area contributed by atoms with Crippen molar-refractivity contribution in [2.75, 3.05) is 25.7 Å². The van der Waals surface area contributed by atoms with Crippen LogP contribution in [0, 0.1) is 0 Å². The molecule has 0 aliphatic carbocycles. The maximum Gasteiger partial charge on any atom is 0.337 e. The summed E-state index contributed by atoms with van der Waals surface area (Å²) >= 11 is 3.35. The minimum atomic E-state index is -0.927. The van der Waals surface area contributed by atoms with Crippen LogP contribution in [0.4, 0.5) is 5.69 Å². The van der Waals surface area contributed by atoms with Gasteiger partial charge in [-0.2, -0.15) is 0 Å². The number of likely N-dealkylation sites (N-methyl/N-ethyl adjacent to an activating group) is 1.